The molecule has 2 amide bonds. The van der Waals surface area contributed by atoms with E-state index in [4.69, 9.17) is 9.84 Å². The van der Waals surface area contributed by atoms with Gasteiger partial charge in [-0.3, -0.25) is 4.79 Å². The first-order valence-corrected chi connectivity index (χ1v) is 10.9. The van der Waals surface area contributed by atoms with Gasteiger partial charge >= 0.3 is 12.1 Å². The van der Waals surface area contributed by atoms with E-state index in [-0.39, 0.29) is 24.9 Å². The molecule has 3 rings (SSSR count). The van der Waals surface area contributed by atoms with E-state index in [9.17, 15) is 14.4 Å². The molecule has 0 saturated heterocycles. The molecule has 0 fully saturated rings. The zero-order valence-corrected chi connectivity index (χ0v) is 18.5. The van der Waals surface area contributed by atoms with Gasteiger partial charge in [0.1, 0.15) is 12.1 Å². The molecule has 0 unspecified atom stereocenters. The van der Waals surface area contributed by atoms with Crippen LogP contribution in [0.2, 0.25) is 0 Å². The summed E-state index contributed by atoms with van der Waals surface area (Å²) in [5, 5.41) is 14.3. The van der Waals surface area contributed by atoms with Crippen molar-refractivity contribution in [1.29, 1.82) is 0 Å². The lowest BCUT2D eigenvalue weighted by Gasteiger charge is -2.20. The number of benzene rings is 2. The highest BCUT2D eigenvalue weighted by Gasteiger charge is 2.29. The van der Waals surface area contributed by atoms with Gasteiger partial charge in [0.15, 0.2) is 0 Å². The van der Waals surface area contributed by atoms with Gasteiger partial charge in [0.05, 0.1) is 0 Å². The topological polar surface area (TPSA) is 105 Å². The number of ether oxygens (including phenoxy) is 1. The second kappa shape index (κ2) is 10.3. The summed E-state index contributed by atoms with van der Waals surface area (Å²) < 4.78 is 5.49. The molecule has 3 N–H and O–H groups in total. The van der Waals surface area contributed by atoms with E-state index in [0.717, 1.165) is 6.42 Å². The summed E-state index contributed by atoms with van der Waals surface area (Å²) in [7, 11) is 0. The van der Waals surface area contributed by atoms with Gasteiger partial charge in [0.2, 0.25) is 5.91 Å². The van der Waals surface area contributed by atoms with Crippen molar-refractivity contribution in [2.75, 3.05) is 13.2 Å². The third-order valence-corrected chi connectivity index (χ3v) is 5.68. The van der Waals surface area contributed by atoms with Crippen molar-refractivity contribution in [3.63, 3.8) is 0 Å². The van der Waals surface area contributed by atoms with Crippen LogP contribution in [0.4, 0.5) is 4.79 Å². The first-order chi connectivity index (χ1) is 15.3. The van der Waals surface area contributed by atoms with Crippen molar-refractivity contribution in [1.82, 2.24) is 10.6 Å². The van der Waals surface area contributed by atoms with E-state index in [2.05, 4.69) is 34.9 Å². The first-order valence-electron chi connectivity index (χ1n) is 10.9. The summed E-state index contributed by atoms with van der Waals surface area (Å²) in [6.45, 7) is 3.63. The molecule has 2 aromatic rings. The molecule has 0 aliphatic heterocycles. The second-order valence-corrected chi connectivity index (χ2v) is 8.54. The van der Waals surface area contributed by atoms with Crippen molar-refractivity contribution in [2.24, 2.45) is 0 Å². The van der Waals surface area contributed by atoms with E-state index in [1.54, 1.807) is 0 Å². The standard InChI is InChI=1S/C25H30N2O5/c1-25(2,23(29)30)27-22(28)14-4-3-9-15-26-24(31)32-16-21-19-12-7-5-10-17(19)18-11-6-8-13-20(18)21/h5-8,10-13,21H,3-4,9,14-16H2,1-2H3,(H,26,31)(H,27,28)(H,29,30). The van der Waals surface area contributed by atoms with Crippen LogP contribution in [0, 0.1) is 0 Å². The molecule has 0 spiro atoms. The number of hydrogen-bond acceptors (Lipinski definition) is 4. The van der Waals surface area contributed by atoms with Crippen LogP contribution >= 0.6 is 0 Å². The smallest absolute Gasteiger partial charge is 0.407 e. The highest BCUT2D eigenvalue weighted by molar-refractivity contribution is 5.86. The van der Waals surface area contributed by atoms with Crippen molar-refractivity contribution in [2.45, 2.75) is 51.0 Å². The number of carboxylic acids is 1. The average molecular weight is 439 g/mol. The second-order valence-electron chi connectivity index (χ2n) is 8.54. The minimum absolute atomic E-state index is 0.0294. The number of alkyl carbamates (subject to hydrolysis) is 1. The van der Waals surface area contributed by atoms with Crippen LogP contribution in [-0.2, 0) is 14.3 Å². The summed E-state index contributed by atoms with van der Waals surface area (Å²) in [4.78, 5) is 35.0. The molecule has 32 heavy (non-hydrogen) atoms. The van der Waals surface area contributed by atoms with E-state index < -0.39 is 17.6 Å². The van der Waals surface area contributed by atoms with Gasteiger partial charge in [-0.15, -0.1) is 0 Å². The highest BCUT2D eigenvalue weighted by Crippen LogP contribution is 2.44. The SMILES string of the molecule is CC(C)(NC(=O)CCCCCNC(=O)OCC1c2ccccc2-c2ccccc21)C(=O)O. The predicted octanol–water partition coefficient (Wildman–Crippen LogP) is 4.06. The number of carbonyl (C=O) groups excluding carboxylic acids is 2. The van der Waals surface area contributed by atoms with Crippen LogP contribution in [0.25, 0.3) is 11.1 Å². The number of amides is 2. The van der Waals surface area contributed by atoms with Crippen molar-refractivity contribution in [3.8, 4) is 11.1 Å². The predicted molar refractivity (Wildman–Crippen MR) is 121 cm³/mol. The Bertz CT molecular complexity index is 940. The molecule has 1 aliphatic carbocycles. The maximum atomic E-state index is 12.1. The lowest BCUT2D eigenvalue weighted by atomic mass is 9.98. The minimum atomic E-state index is -1.28. The van der Waals surface area contributed by atoms with Crippen molar-refractivity contribution in [3.05, 3.63) is 59.7 Å². The minimum Gasteiger partial charge on any atom is -0.480 e. The summed E-state index contributed by atoms with van der Waals surface area (Å²) in [6, 6.07) is 16.4. The normalized spacial score (nSPS) is 12.6. The first kappa shape index (κ1) is 23.3. The molecule has 0 atom stereocenters. The van der Waals surface area contributed by atoms with Crippen molar-refractivity contribution >= 4 is 18.0 Å². The van der Waals surface area contributed by atoms with Crippen LogP contribution in [0.5, 0.6) is 0 Å². The number of hydrogen-bond donors (Lipinski definition) is 3. The summed E-state index contributed by atoms with van der Waals surface area (Å²) in [6.07, 6.45) is 1.87. The Labute approximate surface area is 188 Å². The number of unbranched alkanes of at least 4 members (excludes halogenated alkanes) is 2. The summed E-state index contributed by atoms with van der Waals surface area (Å²) in [5.41, 5.74) is 3.44. The monoisotopic (exact) mass is 438 g/mol. The Balaban J connectivity index is 1.35. The Hall–Kier alpha value is -3.35. The largest absolute Gasteiger partial charge is 0.480 e. The van der Waals surface area contributed by atoms with Gasteiger partial charge in [-0.1, -0.05) is 55.0 Å². The number of aliphatic carboxylic acids is 1. The zero-order valence-electron chi connectivity index (χ0n) is 18.5. The maximum absolute atomic E-state index is 12.1. The molecule has 0 bridgehead atoms. The molecule has 0 radical (unpaired) electrons. The van der Waals surface area contributed by atoms with Crippen molar-refractivity contribution < 1.29 is 24.2 Å². The van der Waals surface area contributed by atoms with Gasteiger partial charge in [0, 0.05) is 18.9 Å². The fourth-order valence-corrected chi connectivity index (χ4v) is 3.89. The van der Waals surface area contributed by atoms with Crippen LogP contribution in [-0.4, -0.2) is 41.8 Å². The average Bonchev–Trinajstić information content (AvgIpc) is 3.08. The Morgan fingerprint density at radius 3 is 2.12 bits per heavy atom. The van der Waals surface area contributed by atoms with Gasteiger partial charge in [-0.2, -0.15) is 0 Å². The number of nitrogens with one attached hydrogen (secondary N) is 2. The number of carbonyl (C=O) groups is 3. The van der Waals surface area contributed by atoms with E-state index in [1.165, 1.54) is 36.1 Å². The Morgan fingerprint density at radius 1 is 0.938 bits per heavy atom. The fourth-order valence-electron chi connectivity index (χ4n) is 3.89. The molecule has 170 valence electrons. The lowest BCUT2D eigenvalue weighted by Crippen LogP contribution is -2.49. The summed E-state index contributed by atoms with van der Waals surface area (Å²) in [5.74, 6) is -1.33. The van der Waals surface area contributed by atoms with Gasteiger partial charge in [-0.05, 0) is 48.9 Å². The molecule has 7 nitrogen and oxygen atoms in total. The molecule has 0 saturated carbocycles. The highest BCUT2D eigenvalue weighted by atomic mass is 16.5. The van der Waals surface area contributed by atoms with E-state index in [0.29, 0.717) is 19.4 Å². The summed E-state index contributed by atoms with van der Waals surface area (Å²) >= 11 is 0. The van der Waals surface area contributed by atoms with Crippen LogP contribution in [0.3, 0.4) is 0 Å². The maximum Gasteiger partial charge on any atom is 0.407 e. The van der Waals surface area contributed by atoms with E-state index >= 15 is 0 Å². The lowest BCUT2D eigenvalue weighted by molar-refractivity contribution is -0.146. The Morgan fingerprint density at radius 2 is 1.53 bits per heavy atom. The van der Waals surface area contributed by atoms with E-state index in [1.807, 2.05) is 24.3 Å². The number of fused-ring (bicyclic) bond motifs is 3. The van der Waals surface area contributed by atoms with Gasteiger partial charge < -0.3 is 20.5 Å². The van der Waals surface area contributed by atoms with Crippen LogP contribution in [0.15, 0.2) is 48.5 Å². The van der Waals surface area contributed by atoms with Gasteiger partial charge in [-0.25, -0.2) is 9.59 Å². The quantitative estimate of drug-likeness (QED) is 0.485. The molecule has 0 aromatic heterocycles. The third kappa shape index (κ3) is 5.66. The van der Waals surface area contributed by atoms with Crippen LogP contribution < -0.4 is 10.6 Å². The van der Waals surface area contributed by atoms with Gasteiger partial charge in [0.25, 0.3) is 0 Å². The van der Waals surface area contributed by atoms with Crippen LogP contribution in [0.1, 0.15) is 56.6 Å². The molecule has 0 heterocycles. The number of rotatable bonds is 10. The fraction of sp³-hybridized carbons (Fsp3) is 0.400. The molecular weight excluding hydrogens is 408 g/mol. The zero-order chi connectivity index (χ0) is 23.1. The molecular formula is C25H30N2O5. The Kier molecular flexibility index (Phi) is 7.51. The molecule has 1 aliphatic rings. The third-order valence-electron chi connectivity index (χ3n) is 5.68. The molecule has 2 aromatic carbocycles. The number of carboxylic acid groups (broad SMARTS) is 1. The molecule has 7 heteroatoms.